The normalized spacial score (nSPS) is 25.2. The first-order valence-corrected chi connectivity index (χ1v) is 9.15. The van der Waals surface area contributed by atoms with Crippen LogP contribution in [-0.2, 0) is 10.2 Å². The molecule has 3 rings (SSSR count). The van der Waals surface area contributed by atoms with Crippen molar-refractivity contribution in [2.75, 3.05) is 13.1 Å². The van der Waals surface area contributed by atoms with Crippen LogP contribution < -0.4 is 10.1 Å². The van der Waals surface area contributed by atoms with Gasteiger partial charge in [-0.25, -0.2) is 0 Å². The van der Waals surface area contributed by atoms with Crippen molar-refractivity contribution in [1.82, 2.24) is 10.2 Å². The van der Waals surface area contributed by atoms with Gasteiger partial charge in [0, 0.05) is 25.2 Å². The summed E-state index contributed by atoms with van der Waals surface area (Å²) < 4.78 is 5.97. The van der Waals surface area contributed by atoms with Gasteiger partial charge in [0.05, 0.1) is 0 Å². The fraction of sp³-hybridized carbons (Fsp3) is 0.650. The summed E-state index contributed by atoms with van der Waals surface area (Å²) in [5, 5.41) is 3.62. The Balaban J connectivity index is 1.64. The van der Waals surface area contributed by atoms with Gasteiger partial charge in [-0.1, -0.05) is 32.9 Å². The first-order chi connectivity index (χ1) is 11.3. The summed E-state index contributed by atoms with van der Waals surface area (Å²) in [6.07, 6.45) is 3.03. The Bertz CT molecular complexity index is 594. The molecule has 0 radical (unpaired) electrons. The molecule has 24 heavy (non-hydrogen) atoms. The first kappa shape index (κ1) is 17.3. The number of carbonyl (C=O) groups is 1. The van der Waals surface area contributed by atoms with Crippen molar-refractivity contribution < 1.29 is 9.53 Å². The van der Waals surface area contributed by atoms with Gasteiger partial charge >= 0.3 is 0 Å². The molecule has 0 aromatic heterocycles. The molecule has 132 valence electrons. The van der Waals surface area contributed by atoms with Crippen LogP contribution in [0, 0.1) is 0 Å². The van der Waals surface area contributed by atoms with Gasteiger partial charge < -0.3 is 15.0 Å². The van der Waals surface area contributed by atoms with E-state index >= 15 is 0 Å². The minimum atomic E-state index is -0.447. The molecule has 1 aromatic carbocycles. The molecule has 2 fully saturated rings. The van der Waals surface area contributed by atoms with E-state index in [4.69, 9.17) is 4.74 Å². The maximum absolute atomic E-state index is 12.8. The van der Waals surface area contributed by atoms with E-state index in [2.05, 4.69) is 38.2 Å². The molecule has 3 unspecified atom stereocenters. The standard InChI is InChI=1S/C20H30N2O2/c1-14(24-18-7-5-6-15(12-18)20(2,3)4)19(23)22-11-10-16-8-9-17(13-22)21-16/h5-7,12,14,16-17,21H,8-11,13H2,1-4H3. The van der Waals surface area contributed by atoms with Gasteiger partial charge in [-0.2, -0.15) is 0 Å². The minimum absolute atomic E-state index is 0.0717. The number of hydrogen-bond donors (Lipinski definition) is 1. The SMILES string of the molecule is CC(Oc1cccc(C(C)(C)C)c1)C(=O)N1CCC2CCC(C1)N2. The second-order valence-electron chi connectivity index (χ2n) is 8.25. The third-order valence-electron chi connectivity index (χ3n) is 5.20. The Morgan fingerprint density at radius 2 is 2.00 bits per heavy atom. The molecule has 0 spiro atoms. The fourth-order valence-electron chi connectivity index (χ4n) is 3.69. The molecule has 1 amide bonds. The number of rotatable bonds is 3. The van der Waals surface area contributed by atoms with Crippen molar-refractivity contribution in [3.63, 3.8) is 0 Å². The van der Waals surface area contributed by atoms with E-state index in [1.807, 2.05) is 24.0 Å². The second-order valence-corrected chi connectivity index (χ2v) is 8.25. The highest BCUT2D eigenvalue weighted by Crippen LogP contribution is 2.26. The zero-order chi connectivity index (χ0) is 17.3. The van der Waals surface area contributed by atoms with E-state index in [0.717, 1.165) is 25.3 Å². The van der Waals surface area contributed by atoms with Crippen LogP contribution in [-0.4, -0.2) is 42.1 Å². The number of ether oxygens (including phenoxy) is 1. The highest BCUT2D eigenvalue weighted by atomic mass is 16.5. The number of nitrogens with zero attached hydrogens (tertiary/aromatic N) is 1. The summed E-state index contributed by atoms with van der Waals surface area (Å²) in [5.41, 5.74) is 1.29. The molecule has 4 nitrogen and oxygen atoms in total. The fourth-order valence-corrected chi connectivity index (χ4v) is 3.69. The van der Waals surface area contributed by atoms with E-state index < -0.39 is 6.10 Å². The minimum Gasteiger partial charge on any atom is -0.481 e. The van der Waals surface area contributed by atoms with E-state index in [1.165, 1.54) is 18.4 Å². The van der Waals surface area contributed by atoms with Crippen LogP contribution in [0.5, 0.6) is 5.75 Å². The van der Waals surface area contributed by atoms with Crippen molar-refractivity contribution in [3.05, 3.63) is 29.8 Å². The molecule has 2 aliphatic heterocycles. The molecule has 3 atom stereocenters. The zero-order valence-electron chi connectivity index (χ0n) is 15.3. The molecule has 1 aromatic rings. The van der Waals surface area contributed by atoms with E-state index in [9.17, 15) is 4.79 Å². The number of nitrogens with one attached hydrogen (secondary N) is 1. The van der Waals surface area contributed by atoms with Crippen LogP contribution in [0.25, 0.3) is 0 Å². The maximum atomic E-state index is 12.8. The van der Waals surface area contributed by atoms with Gasteiger partial charge in [-0.15, -0.1) is 0 Å². The lowest BCUT2D eigenvalue weighted by molar-refractivity contribution is -0.138. The predicted octanol–water partition coefficient (Wildman–Crippen LogP) is 3.10. The Kier molecular flexibility index (Phi) is 4.86. The lowest BCUT2D eigenvalue weighted by Crippen LogP contribution is -2.44. The lowest BCUT2D eigenvalue weighted by atomic mass is 9.87. The average molecular weight is 330 g/mol. The molecule has 0 saturated carbocycles. The summed E-state index contributed by atoms with van der Waals surface area (Å²) in [5.74, 6) is 0.878. The van der Waals surface area contributed by atoms with E-state index in [0.29, 0.717) is 12.1 Å². The average Bonchev–Trinajstić information content (AvgIpc) is 2.85. The first-order valence-electron chi connectivity index (χ1n) is 9.15. The van der Waals surface area contributed by atoms with Crippen LogP contribution in [0.15, 0.2) is 24.3 Å². The van der Waals surface area contributed by atoms with E-state index in [1.54, 1.807) is 0 Å². The Hall–Kier alpha value is -1.55. The molecule has 2 heterocycles. The lowest BCUT2D eigenvalue weighted by Gasteiger charge is -2.27. The third kappa shape index (κ3) is 3.92. The van der Waals surface area contributed by atoms with Crippen LogP contribution in [0.1, 0.15) is 52.5 Å². The van der Waals surface area contributed by atoms with Crippen LogP contribution in [0.2, 0.25) is 0 Å². The third-order valence-corrected chi connectivity index (χ3v) is 5.20. The summed E-state index contributed by atoms with van der Waals surface area (Å²) in [6, 6.07) is 9.14. The summed E-state index contributed by atoms with van der Waals surface area (Å²) >= 11 is 0. The molecular formula is C20H30N2O2. The van der Waals surface area contributed by atoms with Crippen LogP contribution >= 0.6 is 0 Å². The number of benzene rings is 1. The smallest absolute Gasteiger partial charge is 0.263 e. The van der Waals surface area contributed by atoms with Gasteiger partial charge in [-0.3, -0.25) is 4.79 Å². The van der Waals surface area contributed by atoms with Crippen molar-refractivity contribution >= 4 is 5.91 Å². The van der Waals surface area contributed by atoms with Gasteiger partial charge in [0.25, 0.3) is 5.91 Å². The number of likely N-dealkylation sites (tertiary alicyclic amines) is 1. The molecule has 4 heteroatoms. The van der Waals surface area contributed by atoms with Crippen molar-refractivity contribution in [2.45, 2.75) is 70.6 Å². The Labute approximate surface area is 145 Å². The van der Waals surface area contributed by atoms with Crippen molar-refractivity contribution in [2.24, 2.45) is 0 Å². The largest absolute Gasteiger partial charge is 0.481 e. The van der Waals surface area contributed by atoms with Crippen LogP contribution in [0.4, 0.5) is 0 Å². The van der Waals surface area contributed by atoms with Crippen molar-refractivity contribution in [1.29, 1.82) is 0 Å². The monoisotopic (exact) mass is 330 g/mol. The highest BCUT2D eigenvalue weighted by molar-refractivity contribution is 5.81. The number of carbonyl (C=O) groups excluding carboxylic acids is 1. The number of fused-ring (bicyclic) bond motifs is 2. The summed E-state index contributed by atoms with van der Waals surface area (Å²) in [4.78, 5) is 14.8. The second kappa shape index (κ2) is 6.75. The van der Waals surface area contributed by atoms with Crippen molar-refractivity contribution in [3.8, 4) is 5.75 Å². The highest BCUT2D eigenvalue weighted by Gasteiger charge is 2.33. The number of hydrogen-bond acceptors (Lipinski definition) is 3. The predicted molar refractivity (Wildman–Crippen MR) is 96.4 cm³/mol. The molecule has 2 bridgehead atoms. The molecule has 2 aliphatic rings. The number of amides is 1. The van der Waals surface area contributed by atoms with E-state index in [-0.39, 0.29) is 11.3 Å². The zero-order valence-corrected chi connectivity index (χ0v) is 15.3. The molecular weight excluding hydrogens is 300 g/mol. The summed E-state index contributed by atoms with van der Waals surface area (Å²) in [6.45, 7) is 10.1. The van der Waals surface area contributed by atoms with Gasteiger partial charge in [0.2, 0.25) is 0 Å². The quantitative estimate of drug-likeness (QED) is 0.926. The Morgan fingerprint density at radius 1 is 1.25 bits per heavy atom. The van der Waals surface area contributed by atoms with Gasteiger partial charge in [0.1, 0.15) is 5.75 Å². The molecule has 0 aliphatic carbocycles. The van der Waals surface area contributed by atoms with Gasteiger partial charge in [0.15, 0.2) is 6.10 Å². The maximum Gasteiger partial charge on any atom is 0.263 e. The topological polar surface area (TPSA) is 41.6 Å². The molecule has 2 saturated heterocycles. The molecule has 1 N–H and O–H groups in total. The Morgan fingerprint density at radius 3 is 2.75 bits per heavy atom. The summed E-state index contributed by atoms with van der Waals surface area (Å²) in [7, 11) is 0. The van der Waals surface area contributed by atoms with Gasteiger partial charge in [-0.05, 0) is 49.3 Å². The van der Waals surface area contributed by atoms with Crippen LogP contribution in [0.3, 0.4) is 0 Å².